The second-order valence-corrected chi connectivity index (χ2v) is 6.41. The highest BCUT2D eigenvalue weighted by Gasteiger charge is 2.17. The SMILES string of the molecule is Cc1cc(/C=C/c2ccc(O)c(C(C)(C)C)c2)ccc1O. The zero-order valence-corrected chi connectivity index (χ0v) is 13.0. The maximum atomic E-state index is 9.97. The van der Waals surface area contributed by atoms with Crippen molar-refractivity contribution in [2.45, 2.75) is 33.1 Å². The first kappa shape index (κ1) is 15.2. The fourth-order valence-corrected chi connectivity index (χ4v) is 2.23. The maximum absolute atomic E-state index is 9.97. The van der Waals surface area contributed by atoms with Crippen LogP contribution in [0.2, 0.25) is 0 Å². The minimum Gasteiger partial charge on any atom is -0.508 e. The van der Waals surface area contributed by atoms with E-state index in [1.54, 1.807) is 12.1 Å². The molecule has 0 aromatic heterocycles. The van der Waals surface area contributed by atoms with Crippen LogP contribution in [-0.4, -0.2) is 10.2 Å². The third-order valence-corrected chi connectivity index (χ3v) is 3.52. The molecule has 0 saturated heterocycles. The van der Waals surface area contributed by atoms with Gasteiger partial charge in [0.25, 0.3) is 0 Å². The first-order chi connectivity index (χ1) is 9.77. The van der Waals surface area contributed by atoms with Crippen LogP contribution in [0, 0.1) is 6.92 Å². The van der Waals surface area contributed by atoms with Crippen molar-refractivity contribution in [3.8, 4) is 11.5 Å². The van der Waals surface area contributed by atoms with E-state index in [4.69, 9.17) is 0 Å². The molecule has 0 aliphatic rings. The maximum Gasteiger partial charge on any atom is 0.119 e. The lowest BCUT2D eigenvalue weighted by Gasteiger charge is -2.20. The standard InChI is InChI=1S/C19H22O2/c1-13-11-14(7-9-17(13)20)5-6-15-8-10-18(21)16(12-15)19(2,3)4/h5-12,20-21H,1-4H3/b6-5+. The Morgan fingerprint density at radius 2 is 1.33 bits per heavy atom. The van der Waals surface area contributed by atoms with Crippen LogP contribution < -0.4 is 0 Å². The molecule has 2 aromatic rings. The second-order valence-electron chi connectivity index (χ2n) is 6.41. The summed E-state index contributed by atoms with van der Waals surface area (Å²) >= 11 is 0. The van der Waals surface area contributed by atoms with Crippen molar-refractivity contribution in [3.05, 3.63) is 58.7 Å². The Morgan fingerprint density at radius 1 is 0.810 bits per heavy atom. The minimum absolute atomic E-state index is 0.0942. The van der Waals surface area contributed by atoms with E-state index in [1.807, 2.05) is 43.3 Å². The largest absolute Gasteiger partial charge is 0.508 e. The van der Waals surface area contributed by atoms with Gasteiger partial charge in [0, 0.05) is 0 Å². The molecule has 0 atom stereocenters. The number of benzene rings is 2. The molecule has 0 heterocycles. The highest BCUT2D eigenvalue weighted by Crippen LogP contribution is 2.31. The van der Waals surface area contributed by atoms with Crippen LogP contribution in [0.5, 0.6) is 11.5 Å². The zero-order chi connectivity index (χ0) is 15.6. The molecule has 2 N–H and O–H groups in total. The molecule has 2 heteroatoms. The summed E-state index contributed by atoms with van der Waals surface area (Å²) in [5, 5.41) is 19.5. The van der Waals surface area contributed by atoms with E-state index in [0.29, 0.717) is 11.5 Å². The van der Waals surface area contributed by atoms with Gasteiger partial charge >= 0.3 is 0 Å². The van der Waals surface area contributed by atoms with Gasteiger partial charge in [0.1, 0.15) is 11.5 Å². The third-order valence-electron chi connectivity index (χ3n) is 3.52. The average molecular weight is 282 g/mol. The Labute approximate surface area is 126 Å². The molecule has 2 rings (SSSR count). The Bertz CT molecular complexity index is 676. The predicted molar refractivity (Wildman–Crippen MR) is 88.6 cm³/mol. The number of aryl methyl sites for hydroxylation is 1. The van der Waals surface area contributed by atoms with Crippen molar-refractivity contribution >= 4 is 12.2 Å². The number of rotatable bonds is 2. The summed E-state index contributed by atoms with van der Waals surface area (Å²) in [6, 6.07) is 11.2. The van der Waals surface area contributed by atoms with Gasteiger partial charge in [-0.25, -0.2) is 0 Å². The van der Waals surface area contributed by atoms with Gasteiger partial charge in [0.05, 0.1) is 0 Å². The summed E-state index contributed by atoms with van der Waals surface area (Å²) in [5.41, 5.74) is 3.78. The van der Waals surface area contributed by atoms with Gasteiger partial charge < -0.3 is 10.2 Å². The van der Waals surface area contributed by atoms with Crippen molar-refractivity contribution in [1.29, 1.82) is 0 Å². The molecule has 0 spiro atoms. The molecular weight excluding hydrogens is 260 g/mol. The molecule has 0 fully saturated rings. The molecule has 21 heavy (non-hydrogen) atoms. The Morgan fingerprint density at radius 3 is 1.86 bits per heavy atom. The molecule has 2 nitrogen and oxygen atoms in total. The summed E-state index contributed by atoms with van der Waals surface area (Å²) in [4.78, 5) is 0. The van der Waals surface area contributed by atoms with Crippen LogP contribution in [0.3, 0.4) is 0 Å². The van der Waals surface area contributed by atoms with Crippen LogP contribution in [0.4, 0.5) is 0 Å². The highest BCUT2D eigenvalue weighted by molar-refractivity contribution is 5.71. The minimum atomic E-state index is -0.0942. The van der Waals surface area contributed by atoms with Gasteiger partial charge in [-0.05, 0) is 58.9 Å². The lowest BCUT2D eigenvalue weighted by Crippen LogP contribution is -2.11. The molecule has 0 saturated carbocycles. The molecule has 0 aliphatic carbocycles. The lowest BCUT2D eigenvalue weighted by atomic mass is 9.85. The van der Waals surface area contributed by atoms with E-state index < -0.39 is 0 Å². The number of phenols is 2. The fourth-order valence-electron chi connectivity index (χ4n) is 2.23. The second kappa shape index (κ2) is 5.65. The third kappa shape index (κ3) is 3.66. The van der Waals surface area contributed by atoms with Gasteiger partial charge in [0.15, 0.2) is 0 Å². The van der Waals surface area contributed by atoms with Gasteiger partial charge in [-0.3, -0.25) is 0 Å². The number of aromatic hydroxyl groups is 2. The summed E-state index contributed by atoms with van der Waals surface area (Å²) < 4.78 is 0. The summed E-state index contributed by atoms with van der Waals surface area (Å²) in [6.07, 6.45) is 4.02. The smallest absolute Gasteiger partial charge is 0.119 e. The lowest BCUT2D eigenvalue weighted by molar-refractivity contribution is 0.446. The summed E-state index contributed by atoms with van der Waals surface area (Å²) in [5.74, 6) is 0.645. The molecule has 0 radical (unpaired) electrons. The summed E-state index contributed by atoms with van der Waals surface area (Å²) in [7, 11) is 0. The number of phenolic OH excluding ortho intramolecular Hbond substituents is 2. The molecule has 0 bridgehead atoms. The van der Waals surface area contributed by atoms with Gasteiger partial charge in [-0.1, -0.05) is 45.1 Å². The fraction of sp³-hybridized carbons (Fsp3) is 0.263. The van der Waals surface area contributed by atoms with Crippen molar-refractivity contribution in [3.63, 3.8) is 0 Å². The van der Waals surface area contributed by atoms with E-state index in [9.17, 15) is 10.2 Å². The number of hydrogen-bond acceptors (Lipinski definition) is 2. The predicted octanol–water partition coefficient (Wildman–Crippen LogP) is 4.87. The van der Waals surface area contributed by atoms with E-state index in [2.05, 4.69) is 20.8 Å². The molecule has 2 aromatic carbocycles. The molecular formula is C19H22O2. The quantitative estimate of drug-likeness (QED) is 0.771. The molecule has 0 amide bonds. The first-order valence-corrected chi connectivity index (χ1v) is 7.08. The zero-order valence-electron chi connectivity index (χ0n) is 13.0. The molecule has 0 unspecified atom stereocenters. The Hall–Kier alpha value is -2.22. The first-order valence-electron chi connectivity index (χ1n) is 7.08. The van der Waals surface area contributed by atoms with E-state index in [0.717, 1.165) is 22.3 Å². The Balaban J connectivity index is 2.31. The van der Waals surface area contributed by atoms with Crippen LogP contribution in [-0.2, 0) is 5.41 Å². The van der Waals surface area contributed by atoms with Crippen molar-refractivity contribution < 1.29 is 10.2 Å². The van der Waals surface area contributed by atoms with Crippen molar-refractivity contribution in [1.82, 2.24) is 0 Å². The average Bonchev–Trinajstić information content (AvgIpc) is 2.40. The number of hydrogen-bond donors (Lipinski definition) is 2. The van der Waals surface area contributed by atoms with Gasteiger partial charge in [-0.15, -0.1) is 0 Å². The molecule has 0 aliphatic heterocycles. The van der Waals surface area contributed by atoms with Crippen LogP contribution >= 0.6 is 0 Å². The normalized spacial score (nSPS) is 12.0. The van der Waals surface area contributed by atoms with Crippen LogP contribution in [0.1, 0.15) is 43.0 Å². The van der Waals surface area contributed by atoms with Crippen molar-refractivity contribution in [2.24, 2.45) is 0 Å². The van der Waals surface area contributed by atoms with E-state index in [-0.39, 0.29) is 5.41 Å². The Kier molecular flexibility index (Phi) is 4.08. The highest BCUT2D eigenvalue weighted by atomic mass is 16.3. The topological polar surface area (TPSA) is 40.5 Å². The van der Waals surface area contributed by atoms with E-state index in [1.165, 1.54) is 0 Å². The van der Waals surface area contributed by atoms with Gasteiger partial charge in [0.2, 0.25) is 0 Å². The van der Waals surface area contributed by atoms with Crippen molar-refractivity contribution in [2.75, 3.05) is 0 Å². The van der Waals surface area contributed by atoms with Gasteiger partial charge in [-0.2, -0.15) is 0 Å². The molecule has 110 valence electrons. The van der Waals surface area contributed by atoms with E-state index >= 15 is 0 Å². The monoisotopic (exact) mass is 282 g/mol. The van der Waals surface area contributed by atoms with Crippen LogP contribution in [0.15, 0.2) is 36.4 Å². The van der Waals surface area contributed by atoms with Crippen LogP contribution in [0.25, 0.3) is 12.2 Å². The summed E-state index contributed by atoms with van der Waals surface area (Å²) in [6.45, 7) is 8.13.